The molecule has 0 aliphatic carbocycles. The second-order valence-electron chi connectivity index (χ2n) is 4.15. The number of halogens is 1. The molecule has 7 heteroatoms. The van der Waals surface area contributed by atoms with E-state index in [-0.39, 0.29) is 0 Å². The van der Waals surface area contributed by atoms with Crippen LogP contribution in [0.15, 0.2) is 40.8 Å². The lowest BCUT2D eigenvalue weighted by molar-refractivity contribution is -2.00. The van der Waals surface area contributed by atoms with Crippen molar-refractivity contribution in [2.24, 2.45) is 0 Å². The predicted molar refractivity (Wildman–Crippen MR) is 64.6 cm³/mol. The number of hydrogen-bond acceptors (Lipinski definition) is 5. The summed E-state index contributed by atoms with van der Waals surface area (Å²) in [6.07, 6.45) is 0. The highest BCUT2D eigenvalue weighted by Gasteiger charge is 2.14. The molecule has 6 nitrogen and oxygen atoms in total. The molecule has 2 aromatic rings. The van der Waals surface area contributed by atoms with E-state index in [1.54, 1.807) is 7.11 Å². The van der Waals surface area contributed by atoms with Crippen LogP contribution in [-0.4, -0.2) is 7.11 Å². The molecule has 0 aliphatic heterocycles. The second kappa shape index (κ2) is 7.35. The van der Waals surface area contributed by atoms with Gasteiger partial charge in [-0.15, -0.1) is 10.2 Å². The zero-order valence-corrected chi connectivity index (χ0v) is 12.5. The molecule has 0 atom stereocenters. The number of methoxy groups -OCH3 is 1. The summed E-state index contributed by atoms with van der Waals surface area (Å²) in [5, 5.41) is 0. The van der Waals surface area contributed by atoms with E-state index in [0.29, 0.717) is 0 Å². The Labute approximate surface area is 124 Å². The first-order valence-corrected chi connectivity index (χ1v) is 7.10. The van der Waals surface area contributed by atoms with E-state index in [2.05, 4.69) is 6.07 Å². The molecule has 2 rings (SSSR count). The lowest BCUT2D eigenvalue weighted by Gasteiger charge is -2.17. The minimum Gasteiger partial charge on any atom is -0.497 e. The quantitative estimate of drug-likeness (QED) is 0.664. The van der Waals surface area contributed by atoms with Crippen LogP contribution < -0.4 is 23.4 Å². The standard InChI is InChI=1S/C14H15O2.ClHO4/c1-10-4-9-14(16-11(10)2)12-5-7-13(15-3)8-6-12;2-1(3,4)5/h4-9H,1-3H3;(H,2,3,4,5)/q+1;/p-1. The molecule has 0 N–H and O–H groups in total. The zero-order chi connectivity index (χ0) is 16.0. The Hall–Kier alpha value is -1.70. The maximum atomic E-state index is 8.49. The first-order valence-electron chi connectivity index (χ1n) is 5.87. The largest absolute Gasteiger partial charge is 0.497 e. The molecule has 0 unspecified atom stereocenters. The van der Waals surface area contributed by atoms with Crippen LogP contribution in [-0.2, 0) is 0 Å². The molecule has 0 spiro atoms. The molecule has 1 aromatic carbocycles. The Morgan fingerprint density at radius 3 is 1.86 bits per heavy atom. The average molecular weight is 315 g/mol. The van der Waals surface area contributed by atoms with Gasteiger partial charge in [0.2, 0.25) is 0 Å². The monoisotopic (exact) mass is 314 g/mol. The first-order chi connectivity index (χ1) is 9.70. The number of benzene rings is 1. The first kappa shape index (κ1) is 17.4. The maximum absolute atomic E-state index is 8.49. The maximum Gasteiger partial charge on any atom is 0.360 e. The molecule has 114 valence electrons. The number of ether oxygens (including phenoxy) is 1. The molecule has 21 heavy (non-hydrogen) atoms. The minimum absolute atomic E-state index is 0.854. The zero-order valence-electron chi connectivity index (χ0n) is 11.8. The van der Waals surface area contributed by atoms with Gasteiger partial charge in [0.15, 0.2) is 0 Å². The topological polar surface area (TPSA) is 113 Å². The van der Waals surface area contributed by atoms with Crippen molar-refractivity contribution in [1.82, 2.24) is 0 Å². The van der Waals surface area contributed by atoms with Crippen molar-refractivity contribution in [2.45, 2.75) is 13.8 Å². The van der Waals surface area contributed by atoms with Crippen molar-refractivity contribution in [1.29, 1.82) is 0 Å². The summed E-state index contributed by atoms with van der Waals surface area (Å²) in [6, 6.07) is 11.9. The Morgan fingerprint density at radius 1 is 0.905 bits per heavy atom. The average Bonchev–Trinajstić information content (AvgIpc) is 2.40. The van der Waals surface area contributed by atoms with Crippen molar-refractivity contribution < 1.29 is 38.0 Å². The second-order valence-corrected chi connectivity index (χ2v) is 4.90. The van der Waals surface area contributed by atoms with E-state index in [1.165, 1.54) is 0 Å². The fourth-order valence-corrected chi connectivity index (χ4v) is 1.51. The van der Waals surface area contributed by atoms with Gasteiger partial charge in [-0.2, -0.15) is 0 Å². The van der Waals surface area contributed by atoms with E-state index in [4.69, 9.17) is 27.8 Å². The SMILES string of the molecule is COc1ccc(-c2ccc(C)c(C)[o+]2)cc1.[O-][Cl+3]([O-])([O-])[O-]. The van der Waals surface area contributed by atoms with Crippen LogP contribution in [0, 0.1) is 24.1 Å². The van der Waals surface area contributed by atoms with Crippen molar-refractivity contribution >= 4 is 0 Å². The molecule has 1 heterocycles. The third-order valence-corrected chi connectivity index (χ3v) is 2.68. The normalized spacial score (nSPS) is 10.6. The molecular formula is C14H15ClO6. The molecule has 0 bridgehead atoms. The van der Waals surface area contributed by atoms with Gasteiger partial charge in [-0.1, -0.05) is 0 Å². The van der Waals surface area contributed by atoms with E-state index >= 15 is 0 Å². The molecular weight excluding hydrogens is 300 g/mol. The van der Waals surface area contributed by atoms with Gasteiger partial charge >= 0.3 is 11.5 Å². The molecule has 0 radical (unpaired) electrons. The smallest absolute Gasteiger partial charge is 0.360 e. The molecule has 0 saturated carbocycles. The minimum atomic E-state index is -4.94. The Bertz CT molecular complexity index is 571. The lowest BCUT2D eigenvalue weighted by atomic mass is 10.1. The Kier molecular flexibility index (Phi) is 6.07. The predicted octanol–water partition coefficient (Wildman–Crippen LogP) is -0.903. The van der Waals surface area contributed by atoms with Gasteiger partial charge in [-0.3, -0.25) is 0 Å². The summed E-state index contributed by atoms with van der Waals surface area (Å²) in [6.45, 7) is 4.01. The van der Waals surface area contributed by atoms with Gasteiger partial charge in [0, 0.05) is 11.6 Å². The van der Waals surface area contributed by atoms with Gasteiger partial charge in [0.05, 0.1) is 19.6 Å². The van der Waals surface area contributed by atoms with Gasteiger partial charge in [0.1, 0.15) is 5.75 Å². The van der Waals surface area contributed by atoms with Crippen LogP contribution in [0.5, 0.6) is 5.75 Å². The summed E-state index contributed by atoms with van der Waals surface area (Å²) in [5.41, 5.74) is 2.22. The Morgan fingerprint density at radius 2 is 1.43 bits per heavy atom. The number of aryl methyl sites for hydroxylation is 2. The van der Waals surface area contributed by atoms with Crippen LogP contribution in [0.3, 0.4) is 0 Å². The van der Waals surface area contributed by atoms with Crippen LogP contribution in [0.25, 0.3) is 11.3 Å². The van der Waals surface area contributed by atoms with Gasteiger partial charge < -0.3 is 4.74 Å². The molecule has 0 aliphatic rings. The van der Waals surface area contributed by atoms with Crippen molar-refractivity contribution in [3.05, 3.63) is 47.7 Å². The summed E-state index contributed by atoms with van der Waals surface area (Å²) >= 11 is 0. The van der Waals surface area contributed by atoms with E-state index < -0.39 is 10.2 Å². The number of hydrogen-bond donors (Lipinski definition) is 0. The van der Waals surface area contributed by atoms with Crippen LogP contribution in [0.2, 0.25) is 0 Å². The Balaban J connectivity index is 0.000000383. The highest BCUT2D eigenvalue weighted by molar-refractivity contribution is 5.58. The van der Waals surface area contributed by atoms with Crippen LogP contribution in [0.1, 0.15) is 11.3 Å². The van der Waals surface area contributed by atoms with Gasteiger partial charge in [-0.25, -0.2) is 23.1 Å². The van der Waals surface area contributed by atoms with Gasteiger partial charge in [0.25, 0.3) is 0 Å². The van der Waals surface area contributed by atoms with Crippen LogP contribution in [0.4, 0.5) is 0 Å². The summed E-state index contributed by atoms with van der Waals surface area (Å²) in [4.78, 5) is 0. The third-order valence-electron chi connectivity index (χ3n) is 2.68. The van der Waals surface area contributed by atoms with Crippen molar-refractivity contribution in [3.8, 4) is 17.1 Å². The fourth-order valence-electron chi connectivity index (χ4n) is 1.51. The van der Waals surface area contributed by atoms with E-state index in [1.807, 2.05) is 44.2 Å². The van der Waals surface area contributed by atoms with E-state index in [0.717, 1.165) is 28.4 Å². The summed E-state index contributed by atoms with van der Waals surface area (Å²) in [7, 11) is -3.28. The van der Waals surface area contributed by atoms with E-state index in [9.17, 15) is 0 Å². The molecule has 0 amide bonds. The molecule has 1 aromatic heterocycles. The van der Waals surface area contributed by atoms with Crippen LogP contribution >= 0.6 is 0 Å². The van der Waals surface area contributed by atoms with Gasteiger partial charge in [-0.05, 0) is 37.3 Å². The summed E-state index contributed by atoms with van der Waals surface area (Å²) in [5.74, 6) is 2.69. The molecule has 0 saturated heterocycles. The van der Waals surface area contributed by atoms with Crippen molar-refractivity contribution in [3.63, 3.8) is 0 Å². The summed E-state index contributed by atoms with van der Waals surface area (Å²) < 4.78 is 44.8. The fraction of sp³-hybridized carbons (Fsp3) is 0.214. The highest BCUT2D eigenvalue weighted by atomic mass is 35.7. The highest BCUT2D eigenvalue weighted by Crippen LogP contribution is 2.24. The number of rotatable bonds is 2. The van der Waals surface area contributed by atoms with Crippen molar-refractivity contribution in [2.75, 3.05) is 7.11 Å². The lowest BCUT2D eigenvalue weighted by Crippen LogP contribution is -2.68. The third kappa shape index (κ3) is 6.52. The molecule has 0 fully saturated rings.